The summed E-state index contributed by atoms with van der Waals surface area (Å²) in [6, 6.07) is 0. The Morgan fingerprint density at radius 2 is 2.20 bits per heavy atom. The van der Waals surface area contributed by atoms with Gasteiger partial charge in [-0.1, -0.05) is 13.5 Å². The summed E-state index contributed by atoms with van der Waals surface area (Å²) >= 11 is 0. The van der Waals surface area contributed by atoms with Gasteiger partial charge in [0, 0.05) is 6.08 Å². The highest BCUT2D eigenvalue weighted by Crippen LogP contribution is 2.32. The van der Waals surface area contributed by atoms with Crippen LogP contribution in [-0.4, -0.2) is 32.1 Å². The van der Waals surface area contributed by atoms with Crippen molar-refractivity contribution in [2.24, 2.45) is 5.41 Å². The zero-order valence-electron chi connectivity index (χ0n) is 9.32. The molecule has 4 nitrogen and oxygen atoms in total. The highest BCUT2D eigenvalue weighted by Gasteiger charge is 2.39. The molecule has 0 N–H and O–H groups in total. The zero-order chi connectivity index (χ0) is 11.3. The van der Waals surface area contributed by atoms with Crippen LogP contribution in [0.4, 0.5) is 0 Å². The second-order valence-corrected chi connectivity index (χ2v) is 3.81. The molecule has 1 heterocycles. The molecule has 15 heavy (non-hydrogen) atoms. The van der Waals surface area contributed by atoms with Crippen LogP contribution in [0.5, 0.6) is 0 Å². The summed E-state index contributed by atoms with van der Waals surface area (Å²) in [6.45, 7) is 8.72. The first-order valence-corrected chi connectivity index (χ1v) is 5.13. The minimum atomic E-state index is -0.402. The molecule has 1 fully saturated rings. The summed E-state index contributed by atoms with van der Waals surface area (Å²) in [5.41, 5.74) is -0.225. The van der Waals surface area contributed by atoms with Gasteiger partial charge in [0.1, 0.15) is 12.9 Å². The smallest absolute Gasteiger partial charge is 0.330 e. The molecule has 1 rings (SSSR count). The van der Waals surface area contributed by atoms with E-state index in [2.05, 4.69) is 6.58 Å². The summed E-state index contributed by atoms with van der Waals surface area (Å²) in [5, 5.41) is 0. The molecule has 0 spiro atoms. The monoisotopic (exact) mass is 214 g/mol. The number of carbonyl (C=O) groups is 1. The molecule has 0 aromatic rings. The summed E-state index contributed by atoms with van der Waals surface area (Å²) in [4.78, 5) is 11.1. The molecule has 1 saturated heterocycles. The molecule has 0 aromatic heterocycles. The maximum absolute atomic E-state index is 11.1. The average Bonchev–Trinajstić information content (AvgIpc) is 2.29. The average molecular weight is 214 g/mol. The molecular formula is C11H18O4. The third-order valence-electron chi connectivity index (χ3n) is 2.97. The first-order chi connectivity index (χ1) is 7.14. The quantitative estimate of drug-likeness (QED) is 0.525. The standard InChI is InChI=1S/C11H18O4/c1-4-10(12)15-9(3)11(5-2)6-13-8-14-7-11/h4,9H,1,5-8H2,2-3H3. The van der Waals surface area contributed by atoms with Crippen molar-refractivity contribution in [1.29, 1.82) is 0 Å². The van der Waals surface area contributed by atoms with Gasteiger partial charge in [-0.2, -0.15) is 0 Å². The summed E-state index contributed by atoms with van der Waals surface area (Å²) in [6.07, 6.45) is 1.79. The van der Waals surface area contributed by atoms with Crippen LogP contribution in [-0.2, 0) is 19.0 Å². The van der Waals surface area contributed by atoms with Crippen molar-refractivity contribution >= 4 is 5.97 Å². The van der Waals surface area contributed by atoms with Crippen molar-refractivity contribution in [1.82, 2.24) is 0 Å². The zero-order valence-corrected chi connectivity index (χ0v) is 9.32. The molecule has 0 aromatic carbocycles. The highest BCUT2D eigenvalue weighted by molar-refractivity contribution is 5.81. The van der Waals surface area contributed by atoms with Crippen molar-refractivity contribution < 1.29 is 19.0 Å². The van der Waals surface area contributed by atoms with Crippen LogP contribution in [0.15, 0.2) is 12.7 Å². The number of hydrogen-bond acceptors (Lipinski definition) is 4. The van der Waals surface area contributed by atoms with Gasteiger partial charge in [0.2, 0.25) is 0 Å². The second kappa shape index (κ2) is 5.28. The molecule has 0 saturated carbocycles. The van der Waals surface area contributed by atoms with E-state index in [-0.39, 0.29) is 11.5 Å². The molecule has 1 unspecified atom stereocenters. The fourth-order valence-electron chi connectivity index (χ4n) is 1.66. The first-order valence-electron chi connectivity index (χ1n) is 5.13. The lowest BCUT2D eigenvalue weighted by molar-refractivity contribution is -0.202. The molecular weight excluding hydrogens is 196 g/mol. The third kappa shape index (κ3) is 2.79. The minimum absolute atomic E-state index is 0.225. The van der Waals surface area contributed by atoms with Gasteiger partial charge >= 0.3 is 5.97 Å². The molecule has 0 amide bonds. The van der Waals surface area contributed by atoms with Crippen LogP contribution >= 0.6 is 0 Å². The van der Waals surface area contributed by atoms with Crippen LogP contribution in [0.3, 0.4) is 0 Å². The van der Waals surface area contributed by atoms with Gasteiger partial charge in [-0.3, -0.25) is 0 Å². The van der Waals surface area contributed by atoms with E-state index in [1.807, 2.05) is 13.8 Å². The lowest BCUT2D eigenvalue weighted by atomic mass is 9.81. The Labute approximate surface area is 90.2 Å². The molecule has 1 aliphatic rings. The minimum Gasteiger partial charge on any atom is -0.459 e. The molecule has 1 aliphatic heterocycles. The maximum atomic E-state index is 11.1. The molecule has 86 valence electrons. The Hall–Kier alpha value is -0.870. The molecule has 0 aliphatic carbocycles. The van der Waals surface area contributed by atoms with Gasteiger partial charge in [-0.05, 0) is 13.3 Å². The Morgan fingerprint density at radius 3 is 2.67 bits per heavy atom. The van der Waals surface area contributed by atoms with Gasteiger partial charge in [-0.25, -0.2) is 4.79 Å². The first kappa shape index (κ1) is 12.2. The third-order valence-corrected chi connectivity index (χ3v) is 2.97. The molecule has 4 heteroatoms. The Bertz CT molecular complexity index is 231. The summed E-state index contributed by atoms with van der Waals surface area (Å²) < 4.78 is 15.8. The Balaban J connectivity index is 2.63. The topological polar surface area (TPSA) is 44.8 Å². The van der Waals surface area contributed by atoms with Gasteiger partial charge in [-0.15, -0.1) is 0 Å². The van der Waals surface area contributed by atoms with Crippen molar-refractivity contribution in [3.63, 3.8) is 0 Å². The van der Waals surface area contributed by atoms with E-state index in [9.17, 15) is 4.79 Å². The number of hydrogen-bond donors (Lipinski definition) is 0. The predicted octanol–water partition coefficient (Wildman–Crippen LogP) is 1.50. The van der Waals surface area contributed by atoms with Crippen molar-refractivity contribution in [3.8, 4) is 0 Å². The van der Waals surface area contributed by atoms with Crippen LogP contribution in [0.25, 0.3) is 0 Å². The predicted molar refractivity (Wildman–Crippen MR) is 55.2 cm³/mol. The van der Waals surface area contributed by atoms with E-state index in [0.29, 0.717) is 20.0 Å². The van der Waals surface area contributed by atoms with Crippen LogP contribution < -0.4 is 0 Å². The van der Waals surface area contributed by atoms with Crippen molar-refractivity contribution in [3.05, 3.63) is 12.7 Å². The van der Waals surface area contributed by atoms with Gasteiger partial charge < -0.3 is 14.2 Å². The lowest BCUT2D eigenvalue weighted by Gasteiger charge is -2.39. The SMILES string of the molecule is C=CC(=O)OC(C)C1(CC)COCOC1. The fraction of sp³-hybridized carbons (Fsp3) is 0.727. The Morgan fingerprint density at radius 1 is 1.60 bits per heavy atom. The van der Waals surface area contributed by atoms with E-state index in [0.717, 1.165) is 6.42 Å². The van der Waals surface area contributed by atoms with Crippen molar-refractivity contribution in [2.75, 3.05) is 20.0 Å². The number of carbonyl (C=O) groups excluding carboxylic acids is 1. The van der Waals surface area contributed by atoms with E-state index < -0.39 is 5.97 Å². The fourth-order valence-corrected chi connectivity index (χ4v) is 1.66. The van der Waals surface area contributed by atoms with Crippen molar-refractivity contribution in [2.45, 2.75) is 26.4 Å². The number of esters is 1. The Kier molecular flexibility index (Phi) is 4.29. The van der Waals surface area contributed by atoms with E-state index in [1.54, 1.807) is 0 Å². The van der Waals surface area contributed by atoms with E-state index in [4.69, 9.17) is 14.2 Å². The van der Waals surface area contributed by atoms with Crippen LogP contribution in [0.1, 0.15) is 20.3 Å². The highest BCUT2D eigenvalue weighted by atomic mass is 16.7. The van der Waals surface area contributed by atoms with Gasteiger partial charge in [0.15, 0.2) is 0 Å². The van der Waals surface area contributed by atoms with Gasteiger partial charge in [0.05, 0.1) is 18.6 Å². The van der Waals surface area contributed by atoms with Crippen LogP contribution in [0.2, 0.25) is 0 Å². The normalized spacial score (nSPS) is 21.7. The summed E-state index contributed by atoms with van der Waals surface area (Å²) in [7, 11) is 0. The molecule has 0 bridgehead atoms. The van der Waals surface area contributed by atoms with E-state index >= 15 is 0 Å². The lowest BCUT2D eigenvalue weighted by Crippen LogP contribution is -2.46. The molecule has 1 atom stereocenters. The van der Waals surface area contributed by atoms with E-state index in [1.165, 1.54) is 6.08 Å². The molecule has 0 radical (unpaired) electrons. The van der Waals surface area contributed by atoms with Gasteiger partial charge in [0.25, 0.3) is 0 Å². The maximum Gasteiger partial charge on any atom is 0.330 e. The largest absolute Gasteiger partial charge is 0.459 e. The summed E-state index contributed by atoms with van der Waals surface area (Å²) in [5.74, 6) is -0.402. The second-order valence-electron chi connectivity index (χ2n) is 3.81. The number of rotatable bonds is 4. The number of ether oxygens (including phenoxy) is 3. The van der Waals surface area contributed by atoms with Crippen LogP contribution in [0, 0.1) is 5.41 Å².